The van der Waals surface area contributed by atoms with Crippen molar-refractivity contribution in [2.75, 3.05) is 5.32 Å². The fourth-order valence-corrected chi connectivity index (χ4v) is 2.50. The second-order valence-electron chi connectivity index (χ2n) is 5.16. The smallest absolute Gasteiger partial charge is 0.319 e. The standard InChI is InChI=1S/C14H17FN2O3/c1-8-4-10(15)7-12(5-8)17-14(20)16-11-3-2-9(6-11)13(18)19/h4-5,7,9,11H,2-3,6H2,1H3,(H,18,19)(H2,16,17,20). The molecule has 0 heterocycles. The van der Waals surface area contributed by atoms with Gasteiger partial charge in [-0.25, -0.2) is 9.18 Å². The van der Waals surface area contributed by atoms with Gasteiger partial charge < -0.3 is 15.7 Å². The molecule has 2 rings (SSSR count). The number of benzene rings is 1. The lowest BCUT2D eigenvalue weighted by Crippen LogP contribution is -2.36. The minimum atomic E-state index is -0.824. The van der Waals surface area contributed by atoms with E-state index in [1.54, 1.807) is 13.0 Å². The fraction of sp³-hybridized carbons (Fsp3) is 0.429. The van der Waals surface area contributed by atoms with Crippen LogP contribution in [-0.4, -0.2) is 23.1 Å². The quantitative estimate of drug-likeness (QED) is 0.796. The predicted molar refractivity (Wildman–Crippen MR) is 72.1 cm³/mol. The number of carboxylic acid groups (broad SMARTS) is 1. The zero-order chi connectivity index (χ0) is 14.7. The maximum atomic E-state index is 13.2. The Bertz CT molecular complexity index is 513. The molecular weight excluding hydrogens is 263 g/mol. The lowest BCUT2D eigenvalue weighted by Gasteiger charge is -2.13. The normalized spacial score (nSPS) is 21.5. The number of aryl methyl sites for hydroxylation is 1. The van der Waals surface area contributed by atoms with E-state index in [-0.39, 0.29) is 6.04 Å². The molecule has 20 heavy (non-hydrogen) atoms. The molecule has 1 aromatic carbocycles. The highest BCUT2D eigenvalue weighted by molar-refractivity contribution is 5.89. The summed E-state index contributed by atoms with van der Waals surface area (Å²) in [5.74, 6) is -1.63. The number of halogens is 1. The van der Waals surface area contributed by atoms with Gasteiger partial charge in [0.1, 0.15) is 5.82 Å². The third kappa shape index (κ3) is 3.69. The molecule has 3 N–H and O–H groups in total. The molecule has 2 atom stereocenters. The first-order valence-corrected chi connectivity index (χ1v) is 6.51. The van der Waals surface area contributed by atoms with E-state index >= 15 is 0 Å². The van der Waals surface area contributed by atoms with Gasteiger partial charge in [-0.1, -0.05) is 0 Å². The van der Waals surface area contributed by atoms with Crippen molar-refractivity contribution in [3.63, 3.8) is 0 Å². The Morgan fingerprint density at radius 1 is 1.30 bits per heavy atom. The summed E-state index contributed by atoms with van der Waals surface area (Å²) in [6.45, 7) is 1.74. The van der Waals surface area contributed by atoms with Crippen molar-refractivity contribution in [1.82, 2.24) is 5.32 Å². The van der Waals surface area contributed by atoms with Crippen LogP contribution in [0.15, 0.2) is 18.2 Å². The predicted octanol–water partition coefficient (Wildman–Crippen LogP) is 2.51. The first kappa shape index (κ1) is 14.3. The van der Waals surface area contributed by atoms with Crippen LogP contribution < -0.4 is 10.6 Å². The summed E-state index contributed by atoms with van der Waals surface area (Å²) in [6.07, 6.45) is 1.65. The molecule has 1 saturated carbocycles. The maximum Gasteiger partial charge on any atom is 0.319 e. The van der Waals surface area contributed by atoms with Crippen LogP contribution in [-0.2, 0) is 4.79 Å². The average molecular weight is 280 g/mol. The molecule has 6 heteroatoms. The van der Waals surface area contributed by atoms with Crippen LogP contribution in [0.4, 0.5) is 14.9 Å². The SMILES string of the molecule is Cc1cc(F)cc(NC(=O)NC2CCC(C(=O)O)C2)c1. The molecule has 0 bridgehead atoms. The second kappa shape index (κ2) is 5.90. The monoisotopic (exact) mass is 280 g/mol. The van der Waals surface area contributed by atoms with Crippen molar-refractivity contribution in [2.45, 2.75) is 32.2 Å². The van der Waals surface area contributed by atoms with Gasteiger partial charge in [-0.2, -0.15) is 0 Å². The lowest BCUT2D eigenvalue weighted by molar-refractivity contribution is -0.141. The van der Waals surface area contributed by atoms with Crippen molar-refractivity contribution in [1.29, 1.82) is 0 Å². The van der Waals surface area contributed by atoms with Crippen LogP contribution in [0.2, 0.25) is 0 Å². The zero-order valence-corrected chi connectivity index (χ0v) is 11.1. The number of nitrogens with one attached hydrogen (secondary N) is 2. The number of carbonyl (C=O) groups is 2. The largest absolute Gasteiger partial charge is 0.481 e. The number of hydrogen-bond donors (Lipinski definition) is 3. The van der Waals surface area contributed by atoms with Crippen LogP contribution in [0.3, 0.4) is 0 Å². The summed E-state index contributed by atoms with van der Waals surface area (Å²) in [5.41, 5.74) is 1.10. The van der Waals surface area contributed by atoms with Crippen molar-refractivity contribution in [3.8, 4) is 0 Å². The summed E-state index contributed by atoms with van der Waals surface area (Å²) in [7, 11) is 0. The molecule has 108 valence electrons. The molecule has 1 aliphatic carbocycles. The van der Waals surface area contributed by atoms with Gasteiger partial charge in [-0.3, -0.25) is 4.79 Å². The van der Waals surface area contributed by atoms with Crippen LogP contribution in [0.1, 0.15) is 24.8 Å². The van der Waals surface area contributed by atoms with Gasteiger partial charge in [0, 0.05) is 11.7 Å². The molecule has 0 radical (unpaired) electrons. The van der Waals surface area contributed by atoms with E-state index in [4.69, 9.17) is 5.11 Å². The van der Waals surface area contributed by atoms with Crippen LogP contribution in [0.25, 0.3) is 0 Å². The maximum absolute atomic E-state index is 13.2. The molecule has 0 spiro atoms. The van der Waals surface area contributed by atoms with Crippen molar-refractivity contribution in [3.05, 3.63) is 29.6 Å². The summed E-state index contributed by atoms with van der Waals surface area (Å²) in [5, 5.41) is 14.2. The Kier molecular flexibility index (Phi) is 4.22. The van der Waals surface area contributed by atoms with Crippen molar-refractivity contribution >= 4 is 17.7 Å². The van der Waals surface area contributed by atoms with Crippen molar-refractivity contribution < 1.29 is 19.1 Å². The third-order valence-electron chi connectivity index (χ3n) is 3.42. The van der Waals surface area contributed by atoms with E-state index in [1.807, 2.05) is 0 Å². The number of carboxylic acids is 1. The molecule has 1 aliphatic rings. The van der Waals surface area contributed by atoms with Crippen LogP contribution in [0, 0.1) is 18.7 Å². The second-order valence-corrected chi connectivity index (χ2v) is 5.16. The number of urea groups is 1. The van der Waals surface area contributed by atoms with Crippen molar-refractivity contribution in [2.24, 2.45) is 5.92 Å². The molecule has 2 amide bonds. The minimum Gasteiger partial charge on any atom is -0.481 e. The van der Waals surface area contributed by atoms with E-state index in [1.165, 1.54) is 12.1 Å². The highest BCUT2D eigenvalue weighted by Crippen LogP contribution is 2.25. The third-order valence-corrected chi connectivity index (χ3v) is 3.42. The Morgan fingerprint density at radius 3 is 2.65 bits per heavy atom. The van der Waals surface area contributed by atoms with Crippen LogP contribution in [0.5, 0.6) is 0 Å². The molecule has 0 aliphatic heterocycles. The number of hydrogen-bond acceptors (Lipinski definition) is 2. The summed E-state index contributed by atoms with van der Waals surface area (Å²) < 4.78 is 13.2. The van der Waals surface area contributed by atoms with Gasteiger partial charge in [0.15, 0.2) is 0 Å². The van der Waals surface area contributed by atoms with E-state index in [9.17, 15) is 14.0 Å². The summed E-state index contributed by atoms with van der Waals surface area (Å²) >= 11 is 0. The number of amides is 2. The zero-order valence-electron chi connectivity index (χ0n) is 11.1. The van der Waals surface area contributed by atoms with Gasteiger partial charge in [-0.15, -0.1) is 0 Å². The van der Waals surface area contributed by atoms with Gasteiger partial charge in [0.25, 0.3) is 0 Å². The van der Waals surface area contributed by atoms with Gasteiger partial charge >= 0.3 is 12.0 Å². The first-order valence-electron chi connectivity index (χ1n) is 6.51. The Hall–Kier alpha value is -2.11. The van der Waals surface area contributed by atoms with E-state index < -0.39 is 23.7 Å². The number of anilines is 1. The molecule has 5 nitrogen and oxygen atoms in total. The Morgan fingerprint density at radius 2 is 2.05 bits per heavy atom. The number of rotatable bonds is 3. The highest BCUT2D eigenvalue weighted by atomic mass is 19.1. The Labute approximate surface area is 116 Å². The fourth-order valence-electron chi connectivity index (χ4n) is 2.50. The topological polar surface area (TPSA) is 78.4 Å². The van der Waals surface area contributed by atoms with E-state index in [0.29, 0.717) is 30.5 Å². The first-order chi connectivity index (χ1) is 9.44. The summed E-state index contributed by atoms with van der Waals surface area (Å²) in [6, 6.07) is 3.69. The van der Waals surface area contributed by atoms with Gasteiger partial charge in [0.05, 0.1) is 5.92 Å². The minimum absolute atomic E-state index is 0.147. The summed E-state index contributed by atoms with van der Waals surface area (Å²) in [4.78, 5) is 22.6. The Balaban J connectivity index is 1.88. The van der Waals surface area contributed by atoms with Gasteiger partial charge in [0.2, 0.25) is 0 Å². The van der Waals surface area contributed by atoms with E-state index in [2.05, 4.69) is 10.6 Å². The van der Waals surface area contributed by atoms with Crippen LogP contribution >= 0.6 is 0 Å². The number of carbonyl (C=O) groups excluding carboxylic acids is 1. The average Bonchev–Trinajstić information content (AvgIpc) is 2.75. The lowest BCUT2D eigenvalue weighted by atomic mass is 10.1. The molecule has 1 aromatic rings. The highest BCUT2D eigenvalue weighted by Gasteiger charge is 2.30. The molecule has 1 fully saturated rings. The van der Waals surface area contributed by atoms with Gasteiger partial charge in [-0.05, 0) is 49.9 Å². The molecular formula is C14H17FN2O3. The molecule has 2 unspecified atom stereocenters. The van der Waals surface area contributed by atoms with E-state index in [0.717, 1.165) is 0 Å². The molecule has 0 aromatic heterocycles. The molecule has 0 saturated heterocycles. The number of aliphatic carboxylic acids is 1.